The Hall–Kier alpha value is -2.40. The molecule has 5 heteroatoms. The zero-order valence-electron chi connectivity index (χ0n) is 14.2. The van der Waals surface area contributed by atoms with Gasteiger partial charge in [0.1, 0.15) is 5.75 Å². The summed E-state index contributed by atoms with van der Waals surface area (Å²) in [5.74, 6) is 1.02. The third kappa shape index (κ3) is 3.74. The van der Waals surface area contributed by atoms with Gasteiger partial charge in [0.2, 0.25) is 0 Å². The molecular formula is C19H23N3O2. The number of nitrogens with zero attached hydrogens (tertiary/aromatic N) is 3. The van der Waals surface area contributed by atoms with Gasteiger partial charge in [0.05, 0.1) is 7.11 Å². The van der Waals surface area contributed by atoms with E-state index in [4.69, 9.17) is 4.74 Å². The van der Waals surface area contributed by atoms with Gasteiger partial charge in [-0.2, -0.15) is 0 Å². The molecule has 2 aromatic rings. The highest BCUT2D eigenvalue weighted by molar-refractivity contribution is 5.94. The van der Waals surface area contributed by atoms with Crippen LogP contribution >= 0.6 is 0 Å². The monoisotopic (exact) mass is 325 g/mol. The predicted octanol–water partition coefficient (Wildman–Crippen LogP) is 2.36. The second-order valence-corrected chi connectivity index (χ2v) is 6.11. The molecule has 1 aliphatic rings. The van der Waals surface area contributed by atoms with Crippen molar-refractivity contribution in [1.82, 2.24) is 14.8 Å². The van der Waals surface area contributed by atoms with Crippen LogP contribution in [-0.2, 0) is 6.54 Å². The van der Waals surface area contributed by atoms with Crippen molar-refractivity contribution >= 4 is 5.91 Å². The minimum atomic E-state index is 0.0948. The molecule has 0 radical (unpaired) electrons. The molecule has 0 N–H and O–H groups in total. The summed E-state index contributed by atoms with van der Waals surface area (Å²) in [4.78, 5) is 20.7. The summed E-state index contributed by atoms with van der Waals surface area (Å²) in [6.45, 7) is 6.27. The number of piperazine rings is 1. The number of benzene rings is 1. The van der Waals surface area contributed by atoms with Crippen LogP contribution in [0.15, 0.2) is 42.7 Å². The SMILES string of the molecule is COc1ccc(CN2CCN(C(=O)c3ccncc3)CC2)cc1C. The summed E-state index contributed by atoms with van der Waals surface area (Å²) in [6.07, 6.45) is 3.32. The summed E-state index contributed by atoms with van der Waals surface area (Å²) in [5.41, 5.74) is 3.15. The molecule has 0 aliphatic carbocycles. The lowest BCUT2D eigenvalue weighted by Gasteiger charge is -2.34. The standard InChI is InChI=1S/C19H23N3O2/c1-15-13-16(3-4-18(15)24-2)14-21-9-11-22(12-10-21)19(23)17-5-7-20-8-6-17/h3-8,13H,9-12,14H2,1-2H3. The first-order chi connectivity index (χ1) is 11.7. The van der Waals surface area contributed by atoms with Gasteiger partial charge in [0.25, 0.3) is 5.91 Å². The summed E-state index contributed by atoms with van der Waals surface area (Å²) < 4.78 is 5.31. The van der Waals surface area contributed by atoms with Crippen LogP contribution in [0.25, 0.3) is 0 Å². The minimum absolute atomic E-state index is 0.0948. The maximum atomic E-state index is 12.4. The van der Waals surface area contributed by atoms with Crippen LogP contribution in [0.3, 0.4) is 0 Å². The highest BCUT2D eigenvalue weighted by Crippen LogP contribution is 2.20. The van der Waals surface area contributed by atoms with Gasteiger partial charge in [-0.25, -0.2) is 0 Å². The Morgan fingerprint density at radius 1 is 1.12 bits per heavy atom. The molecular weight excluding hydrogens is 302 g/mol. The molecule has 0 atom stereocenters. The van der Waals surface area contributed by atoms with Crippen molar-refractivity contribution in [3.8, 4) is 5.75 Å². The lowest BCUT2D eigenvalue weighted by molar-refractivity contribution is 0.0628. The third-order valence-electron chi connectivity index (χ3n) is 4.45. The number of rotatable bonds is 4. The van der Waals surface area contributed by atoms with E-state index in [0.29, 0.717) is 5.56 Å². The zero-order valence-corrected chi connectivity index (χ0v) is 14.2. The van der Waals surface area contributed by atoms with Crippen molar-refractivity contribution < 1.29 is 9.53 Å². The average Bonchev–Trinajstić information content (AvgIpc) is 2.63. The fourth-order valence-corrected chi connectivity index (χ4v) is 3.08. The molecule has 1 amide bonds. The topological polar surface area (TPSA) is 45.7 Å². The molecule has 1 saturated heterocycles. The summed E-state index contributed by atoms with van der Waals surface area (Å²) in [6, 6.07) is 9.85. The highest BCUT2D eigenvalue weighted by atomic mass is 16.5. The first kappa shape index (κ1) is 16.5. The van der Waals surface area contributed by atoms with Gasteiger partial charge in [-0.15, -0.1) is 0 Å². The maximum absolute atomic E-state index is 12.4. The maximum Gasteiger partial charge on any atom is 0.254 e. The molecule has 0 spiro atoms. The van der Waals surface area contributed by atoms with Crippen molar-refractivity contribution in [3.63, 3.8) is 0 Å². The lowest BCUT2D eigenvalue weighted by atomic mass is 10.1. The number of carbonyl (C=O) groups excluding carboxylic acids is 1. The quantitative estimate of drug-likeness (QED) is 0.866. The van der Waals surface area contributed by atoms with Gasteiger partial charge in [0.15, 0.2) is 0 Å². The van der Waals surface area contributed by atoms with Crippen LogP contribution in [0.4, 0.5) is 0 Å². The van der Waals surface area contributed by atoms with Crippen LogP contribution in [-0.4, -0.2) is 54.0 Å². The molecule has 2 heterocycles. The van der Waals surface area contributed by atoms with Gasteiger partial charge in [-0.1, -0.05) is 12.1 Å². The fourth-order valence-electron chi connectivity index (χ4n) is 3.08. The van der Waals surface area contributed by atoms with E-state index in [1.807, 2.05) is 11.0 Å². The molecule has 1 aliphatic heterocycles. The van der Waals surface area contributed by atoms with Crippen LogP contribution in [0.5, 0.6) is 5.75 Å². The van der Waals surface area contributed by atoms with Crippen molar-refractivity contribution in [2.45, 2.75) is 13.5 Å². The lowest BCUT2D eigenvalue weighted by Crippen LogP contribution is -2.48. The summed E-state index contributed by atoms with van der Waals surface area (Å²) >= 11 is 0. The minimum Gasteiger partial charge on any atom is -0.496 e. The van der Waals surface area contributed by atoms with E-state index in [1.165, 1.54) is 5.56 Å². The highest BCUT2D eigenvalue weighted by Gasteiger charge is 2.22. The first-order valence-electron chi connectivity index (χ1n) is 8.22. The Kier molecular flexibility index (Phi) is 5.11. The molecule has 1 aromatic carbocycles. The third-order valence-corrected chi connectivity index (χ3v) is 4.45. The van der Waals surface area contributed by atoms with Crippen LogP contribution in [0.1, 0.15) is 21.5 Å². The molecule has 1 fully saturated rings. The predicted molar refractivity (Wildman–Crippen MR) is 93.1 cm³/mol. The van der Waals surface area contributed by atoms with E-state index in [9.17, 15) is 4.79 Å². The summed E-state index contributed by atoms with van der Waals surface area (Å²) in [5, 5.41) is 0. The molecule has 5 nitrogen and oxygen atoms in total. The number of aryl methyl sites for hydroxylation is 1. The van der Waals surface area contributed by atoms with Crippen molar-refractivity contribution in [1.29, 1.82) is 0 Å². The van der Waals surface area contributed by atoms with E-state index >= 15 is 0 Å². The van der Waals surface area contributed by atoms with Crippen LogP contribution < -0.4 is 4.74 Å². The van der Waals surface area contributed by atoms with Crippen molar-refractivity contribution in [3.05, 3.63) is 59.4 Å². The number of carbonyl (C=O) groups is 1. The molecule has 0 unspecified atom stereocenters. The van der Waals surface area contributed by atoms with E-state index in [-0.39, 0.29) is 5.91 Å². The Bertz CT molecular complexity index is 695. The second kappa shape index (κ2) is 7.45. The first-order valence-corrected chi connectivity index (χ1v) is 8.22. The van der Waals surface area contributed by atoms with E-state index < -0.39 is 0 Å². The van der Waals surface area contributed by atoms with Crippen LogP contribution in [0, 0.1) is 6.92 Å². The number of amides is 1. The molecule has 3 rings (SSSR count). The van der Waals surface area contributed by atoms with E-state index in [0.717, 1.165) is 44.0 Å². The number of aromatic nitrogens is 1. The Morgan fingerprint density at radius 3 is 2.46 bits per heavy atom. The Balaban J connectivity index is 1.55. The van der Waals surface area contributed by atoms with Crippen molar-refractivity contribution in [2.75, 3.05) is 33.3 Å². The van der Waals surface area contributed by atoms with Gasteiger partial charge in [-0.3, -0.25) is 14.7 Å². The molecule has 0 bridgehead atoms. The normalized spacial score (nSPS) is 15.3. The van der Waals surface area contributed by atoms with E-state index in [1.54, 1.807) is 31.6 Å². The van der Waals surface area contributed by atoms with Gasteiger partial charge < -0.3 is 9.64 Å². The number of methoxy groups -OCH3 is 1. The number of hydrogen-bond acceptors (Lipinski definition) is 4. The van der Waals surface area contributed by atoms with Gasteiger partial charge in [0, 0.05) is 50.7 Å². The van der Waals surface area contributed by atoms with E-state index in [2.05, 4.69) is 28.9 Å². The summed E-state index contributed by atoms with van der Waals surface area (Å²) in [7, 11) is 1.70. The van der Waals surface area contributed by atoms with Crippen molar-refractivity contribution in [2.24, 2.45) is 0 Å². The van der Waals surface area contributed by atoms with Gasteiger partial charge in [-0.05, 0) is 36.2 Å². The smallest absolute Gasteiger partial charge is 0.254 e. The molecule has 1 aromatic heterocycles. The number of ether oxygens (including phenoxy) is 1. The molecule has 24 heavy (non-hydrogen) atoms. The van der Waals surface area contributed by atoms with Crippen LogP contribution in [0.2, 0.25) is 0 Å². The Labute approximate surface area is 142 Å². The molecule has 0 saturated carbocycles. The van der Waals surface area contributed by atoms with Gasteiger partial charge >= 0.3 is 0 Å². The molecule has 126 valence electrons. The number of pyridine rings is 1. The second-order valence-electron chi connectivity index (χ2n) is 6.11. The largest absolute Gasteiger partial charge is 0.496 e. The average molecular weight is 325 g/mol. The fraction of sp³-hybridized carbons (Fsp3) is 0.368. The Morgan fingerprint density at radius 2 is 1.83 bits per heavy atom. The zero-order chi connectivity index (χ0) is 16.9. The number of hydrogen-bond donors (Lipinski definition) is 0.